The Morgan fingerprint density at radius 3 is 2.53 bits per heavy atom. The Bertz CT molecular complexity index is 394. The van der Waals surface area contributed by atoms with Crippen molar-refractivity contribution < 1.29 is 18.1 Å². The van der Waals surface area contributed by atoms with Gasteiger partial charge in [0.05, 0.1) is 16.4 Å². The summed E-state index contributed by atoms with van der Waals surface area (Å²) in [6.45, 7) is 0. The van der Waals surface area contributed by atoms with Crippen LogP contribution in [0.2, 0.25) is 0 Å². The van der Waals surface area contributed by atoms with Gasteiger partial charge in [-0.05, 0) is 0 Å². The third-order valence-electron chi connectivity index (χ3n) is 1.60. The van der Waals surface area contributed by atoms with E-state index in [2.05, 4.69) is 4.98 Å². The minimum Gasteiger partial charge on any atom is -0.258 e. The van der Waals surface area contributed by atoms with Crippen LogP contribution >= 0.6 is 11.6 Å². The first-order chi connectivity index (χ1) is 6.86. The molecule has 0 atom stereocenters. The van der Waals surface area contributed by atoms with Crippen LogP contribution in [0, 0.1) is 10.1 Å². The summed E-state index contributed by atoms with van der Waals surface area (Å²) in [6, 6.07) is 0.421. The molecule has 0 fully saturated rings. The first kappa shape index (κ1) is 11.7. The van der Waals surface area contributed by atoms with Crippen molar-refractivity contribution in [1.82, 2.24) is 4.98 Å². The highest BCUT2D eigenvalue weighted by Gasteiger charge is 2.33. The fourth-order valence-corrected chi connectivity index (χ4v) is 1.10. The average Bonchev–Trinajstić information content (AvgIpc) is 2.15. The SMILES string of the molecule is O=[N+]([O-])c1cc(C(F)(F)F)cnc1CCl. The van der Waals surface area contributed by atoms with Crippen molar-refractivity contribution in [3.05, 3.63) is 33.6 Å². The molecular weight excluding hydrogens is 237 g/mol. The number of nitrogens with zero attached hydrogens (tertiary/aromatic N) is 2. The number of rotatable bonds is 2. The molecule has 15 heavy (non-hydrogen) atoms. The summed E-state index contributed by atoms with van der Waals surface area (Å²) in [6.07, 6.45) is -4.13. The molecule has 8 heteroatoms. The largest absolute Gasteiger partial charge is 0.418 e. The van der Waals surface area contributed by atoms with Gasteiger partial charge in [-0.15, -0.1) is 11.6 Å². The monoisotopic (exact) mass is 240 g/mol. The Labute approximate surface area is 86.8 Å². The second-order valence-corrected chi connectivity index (χ2v) is 2.85. The number of aromatic nitrogens is 1. The van der Waals surface area contributed by atoms with Crippen LogP contribution in [-0.2, 0) is 12.1 Å². The quantitative estimate of drug-likeness (QED) is 0.454. The van der Waals surface area contributed by atoms with Crippen molar-refractivity contribution in [3.63, 3.8) is 0 Å². The molecule has 0 aromatic carbocycles. The molecule has 0 N–H and O–H groups in total. The number of hydrogen-bond acceptors (Lipinski definition) is 3. The molecule has 1 aromatic rings. The van der Waals surface area contributed by atoms with Gasteiger partial charge in [0.1, 0.15) is 5.69 Å². The van der Waals surface area contributed by atoms with E-state index in [9.17, 15) is 23.3 Å². The average molecular weight is 241 g/mol. The third kappa shape index (κ3) is 2.56. The molecule has 1 rings (SSSR count). The zero-order valence-corrected chi connectivity index (χ0v) is 7.84. The summed E-state index contributed by atoms with van der Waals surface area (Å²) in [5, 5.41) is 10.4. The molecule has 4 nitrogen and oxygen atoms in total. The number of pyridine rings is 1. The summed E-state index contributed by atoms with van der Waals surface area (Å²) in [5.74, 6) is -0.311. The Hall–Kier alpha value is -1.37. The highest BCUT2D eigenvalue weighted by atomic mass is 35.5. The van der Waals surface area contributed by atoms with Crippen LogP contribution in [0.15, 0.2) is 12.3 Å². The molecule has 0 aliphatic rings. The second-order valence-electron chi connectivity index (χ2n) is 2.58. The molecule has 0 saturated carbocycles. The smallest absolute Gasteiger partial charge is 0.258 e. The molecule has 0 spiro atoms. The molecule has 0 aliphatic heterocycles. The van der Waals surface area contributed by atoms with Gasteiger partial charge in [-0.1, -0.05) is 0 Å². The van der Waals surface area contributed by atoms with E-state index in [0.717, 1.165) is 0 Å². The number of hydrogen-bond donors (Lipinski definition) is 0. The van der Waals surface area contributed by atoms with Crippen LogP contribution in [-0.4, -0.2) is 9.91 Å². The first-order valence-electron chi connectivity index (χ1n) is 3.62. The molecule has 0 aliphatic carbocycles. The highest BCUT2D eigenvalue weighted by molar-refractivity contribution is 6.17. The van der Waals surface area contributed by atoms with Gasteiger partial charge in [-0.2, -0.15) is 13.2 Å². The van der Waals surface area contributed by atoms with Crippen LogP contribution < -0.4 is 0 Å². The minimum atomic E-state index is -4.65. The van der Waals surface area contributed by atoms with Crippen molar-refractivity contribution in [2.45, 2.75) is 12.1 Å². The lowest BCUT2D eigenvalue weighted by Crippen LogP contribution is -2.08. The predicted molar refractivity (Wildman–Crippen MR) is 45.5 cm³/mol. The van der Waals surface area contributed by atoms with E-state index < -0.39 is 22.4 Å². The lowest BCUT2D eigenvalue weighted by atomic mass is 10.2. The van der Waals surface area contributed by atoms with Crippen molar-refractivity contribution in [1.29, 1.82) is 0 Å². The standard InChI is InChI=1S/C7H4ClF3N2O2/c8-2-5-6(13(14)15)1-4(3-12-5)7(9,10)11/h1,3H,2H2. The van der Waals surface area contributed by atoms with Gasteiger partial charge in [0.2, 0.25) is 0 Å². The topological polar surface area (TPSA) is 56.0 Å². The predicted octanol–water partition coefficient (Wildman–Crippen LogP) is 2.75. The molecule has 0 bridgehead atoms. The van der Waals surface area contributed by atoms with E-state index in [0.29, 0.717) is 12.3 Å². The van der Waals surface area contributed by atoms with Gasteiger partial charge in [0, 0.05) is 12.3 Å². The van der Waals surface area contributed by atoms with Gasteiger partial charge >= 0.3 is 6.18 Å². The maximum Gasteiger partial charge on any atom is 0.418 e. The molecule has 1 heterocycles. The molecular formula is C7H4ClF3N2O2. The second kappa shape index (κ2) is 4.01. The molecule has 0 unspecified atom stereocenters. The van der Waals surface area contributed by atoms with Gasteiger partial charge in [0.25, 0.3) is 5.69 Å². The molecule has 0 amide bonds. The third-order valence-corrected chi connectivity index (χ3v) is 1.85. The maximum atomic E-state index is 12.2. The van der Waals surface area contributed by atoms with Crippen LogP contribution in [0.4, 0.5) is 18.9 Å². The van der Waals surface area contributed by atoms with Crippen LogP contribution in [0.25, 0.3) is 0 Å². The Kier molecular flexibility index (Phi) is 3.13. The maximum absolute atomic E-state index is 12.2. The van der Waals surface area contributed by atoms with E-state index in [1.165, 1.54) is 0 Å². The van der Waals surface area contributed by atoms with E-state index in [1.807, 2.05) is 0 Å². The Balaban J connectivity index is 3.28. The summed E-state index contributed by atoms with van der Waals surface area (Å²) >= 11 is 5.29. The van der Waals surface area contributed by atoms with Crippen LogP contribution in [0.5, 0.6) is 0 Å². The fraction of sp³-hybridized carbons (Fsp3) is 0.286. The molecule has 82 valence electrons. The lowest BCUT2D eigenvalue weighted by molar-refractivity contribution is -0.386. The van der Waals surface area contributed by atoms with Gasteiger partial charge in [0.15, 0.2) is 0 Å². The van der Waals surface area contributed by atoms with Gasteiger partial charge in [-0.3, -0.25) is 15.1 Å². The summed E-state index contributed by atoms with van der Waals surface area (Å²) in [5.41, 5.74) is -2.07. The fourth-order valence-electron chi connectivity index (χ4n) is 0.898. The van der Waals surface area contributed by atoms with E-state index in [1.54, 1.807) is 0 Å². The first-order valence-corrected chi connectivity index (χ1v) is 4.16. The van der Waals surface area contributed by atoms with Crippen LogP contribution in [0.3, 0.4) is 0 Å². The van der Waals surface area contributed by atoms with Crippen molar-refractivity contribution >= 4 is 17.3 Å². The van der Waals surface area contributed by atoms with Crippen LogP contribution in [0.1, 0.15) is 11.3 Å². The summed E-state index contributed by atoms with van der Waals surface area (Å²) < 4.78 is 36.5. The van der Waals surface area contributed by atoms with E-state index >= 15 is 0 Å². The van der Waals surface area contributed by atoms with E-state index in [-0.39, 0.29) is 11.6 Å². The minimum absolute atomic E-state index is 0.185. The van der Waals surface area contributed by atoms with Gasteiger partial charge in [-0.25, -0.2) is 0 Å². The zero-order valence-electron chi connectivity index (χ0n) is 7.08. The summed E-state index contributed by atoms with van der Waals surface area (Å²) in [4.78, 5) is 12.7. The number of nitro groups is 1. The normalized spacial score (nSPS) is 11.5. The Morgan fingerprint density at radius 1 is 1.53 bits per heavy atom. The van der Waals surface area contributed by atoms with Crippen molar-refractivity contribution in [2.75, 3.05) is 0 Å². The number of halogens is 4. The molecule has 1 aromatic heterocycles. The molecule has 0 saturated heterocycles. The van der Waals surface area contributed by atoms with Crippen molar-refractivity contribution in [3.8, 4) is 0 Å². The van der Waals surface area contributed by atoms with Crippen molar-refractivity contribution in [2.24, 2.45) is 0 Å². The number of alkyl halides is 4. The zero-order chi connectivity index (χ0) is 11.6. The lowest BCUT2D eigenvalue weighted by Gasteiger charge is -2.06. The molecule has 0 radical (unpaired) electrons. The van der Waals surface area contributed by atoms with E-state index in [4.69, 9.17) is 11.6 Å². The Morgan fingerprint density at radius 2 is 2.13 bits per heavy atom. The van der Waals surface area contributed by atoms with Gasteiger partial charge < -0.3 is 0 Å². The highest BCUT2D eigenvalue weighted by Crippen LogP contribution is 2.32. The summed E-state index contributed by atoms with van der Waals surface area (Å²) in [7, 11) is 0.